The van der Waals surface area contributed by atoms with E-state index >= 15 is 0 Å². The predicted octanol–water partition coefficient (Wildman–Crippen LogP) is 0.533. The number of nitrogens with one attached hydrogen (secondary N) is 1. The molecule has 0 radical (unpaired) electrons. The Labute approximate surface area is 139 Å². The largest absolute Gasteiger partial charge is 0.481 e. The second-order valence-electron chi connectivity index (χ2n) is 6.61. The van der Waals surface area contributed by atoms with Crippen LogP contribution in [0.15, 0.2) is 12.4 Å². The molecule has 8 nitrogen and oxygen atoms in total. The predicted molar refractivity (Wildman–Crippen MR) is 85.2 cm³/mol. The smallest absolute Gasteiger partial charge is 0.306 e. The first-order valence-electron chi connectivity index (χ1n) is 8.29. The Kier molecular flexibility index (Phi) is 4.55. The van der Waals surface area contributed by atoms with Crippen molar-refractivity contribution in [2.24, 2.45) is 18.9 Å². The molecule has 1 aromatic heterocycles. The monoisotopic (exact) mass is 334 g/mol. The maximum atomic E-state index is 12.5. The Bertz CT molecular complexity index is 656. The summed E-state index contributed by atoms with van der Waals surface area (Å²) in [6.45, 7) is 0.540. The number of carboxylic acid groups (broad SMARTS) is 1. The van der Waals surface area contributed by atoms with Gasteiger partial charge in [-0.15, -0.1) is 0 Å². The minimum absolute atomic E-state index is 0.137. The molecular formula is C16H22N4O4. The zero-order valence-electron chi connectivity index (χ0n) is 13.6. The number of carboxylic acids is 1. The number of nitrogens with zero attached hydrogens (tertiary/aromatic N) is 3. The quantitative estimate of drug-likeness (QED) is 0.836. The second-order valence-corrected chi connectivity index (χ2v) is 6.61. The SMILES string of the molecule is Cn1cc(N2CC[C@H](NC(=O)[C@H]3CCC[C@H](C(=O)O)C3)C2=O)cn1. The number of carbonyl (C=O) groups excluding carboxylic acids is 2. The average molecular weight is 334 g/mol. The van der Waals surface area contributed by atoms with Crippen molar-refractivity contribution in [3.8, 4) is 0 Å². The lowest BCUT2D eigenvalue weighted by Gasteiger charge is -2.26. The first kappa shape index (κ1) is 16.5. The highest BCUT2D eigenvalue weighted by Crippen LogP contribution is 2.30. The summed E-state index contributed by atoms with van der Waals surface area (Å²) in [6.07, 6.45) is 6.33. The van der Waals surface area contributed by atoms with Gasteiger partial charge in [0.25, 0.3) is 0 Å². The summed E-state index contributed by atoms with van der Waals surface area (Å²) >= 11 is 0. The Hall–Kier alpha value is -2.38. The average Bonchev–Trinajstić information content (AvgIpc) is 3.14. The number of rotatable bonds is 4. The Balaban J connectivity index is 1.59. The molecule has 2 aliphatic rings. The first-order valence-corrected chi connectivity index (χ1v) is 8.29. The fraction of sp³-hybridized carbons (Fsp3) is 0.625. The second kappa shape index (κ2) is 6.62. The maximum Gasteiger partial charge on any atom is 0.306 e. The van der Waals surface area contributed by atoms with Gasteiger partial charge >= 0.3 is 5.97 Å². The van der Waals surface area contributed by atoms with E-state index in [9.17, 15) is 14.4 Å². The van der Waals surface area contributed by atoms with Crippen molar-refractivity contribution in [2.45, 2.75) is 38.1 Å². The highest BCUT2D eigenvalue weighted by molar-refractivity contribution is 6.01. The Morgan fingerprint density at radius 3 is 2.71 bits per heavy atom. The van der Waals surface area contributed by atoms with Gasteiger partial charge in [-0.25, -0.2) is 0 Å². The van der Waals surface area contributed by atoms with E-state index in [2.05, 4.69) is 10.4 Å². The van der Waals surface area contributed by atoms with Crippen LogP contribution in [0.5, 0.6) is 0 Å². The highest BCUT2D eigenvalue weighted by atomic mass is 16.4. The number of hydrogen-bond donors (Lipinski definition) is 2. The summed E-state index contributed by atoms with van der Waals surface area (Å²) in [7, 11) is 1.78. The first-order chi connectivity index (χ1) is 11.5. The molecule has 0 bridgehead atoms. The van der Waals surface area contributed by atoms with Crippen molar-refractivity contribution in [1.82, 2.24) is 15.1 Å². The number of hydrogen-bond acceptors (Lipinski definition) is 4. The molecule has 1 saturated heterocycles. The van der Waals surface area contributed by atoms with Gasteiger partial charge in [0, 0.05) is 25.7 Å². The molecule has 2 fully saturated rings. The van der Waals surface area contributed by atoms with Crippen LogP contribution in [0.3, 0.4) is 0 Å². The molecule has 2 amide bonds. The van der Waals surface area contributed by atoms with E-state index < -0.39 is 17.9 Å². The molecule has 3 rings (SSSR count). The van der Waals surface area contributed by atoms with E-state index in [1.165, 1.54) is 0 Å². The number of aliphatic carboxylic acids is 1. The van der Waals surface area contributed by atoms with Gasteiger partial charge in [0.2, 0.25) is 11.8 Å². The molecule has 0 spiro atoms. The van der Waals surface area contributed by atoms with Crippen LogP contribution >= 0.6 is 0 Å². The zero-order chi connectivity index (χ0) is 17.3. The standard InChI is InChI=1S/C16H22N4O4/c1-19-9-12(8-17-19)20-6-5-13(15(20)22)18-14(21)10-3-2-4-11(7-10)16(23)24/h8-11,13H,2-7H2,1H3,(H,18,21)(H,23,24)/t10-,11-,13-/m0/s1. The number of carbonyl (C=O) groups is 3. The Morgan fingerprint density at radius 2 is 2.04 bits per heavy atom. The molecule has 2 N–H and O–H groups in total. The molecule has 3 atom stereocenters. The molecule has 2 heterocycles. The van der Waals surface area contributed by atoms with Crippen LogP contribution in [-0.2, 0) is 21.4 Å². The molecule has 1 saturated carbocycles. The van der Waals surface area contributed by atoms with Gasteiger partial charge in [-0.3, -0.25) is 19.1 Å². The van der Waals surface area contributed by atoms with E-state index in [4.69, 9.17) is 5.11 Å². The summed E-state index contributed by atoms with van der Waals surface area (Å²) in [5.41, 5.74) is 0.725. The van der Waals surface area contributed by atoms with Crippen LogP contribution in [0.25, 0.3) is 0 Å². The summed E-state index contributed by atoms with van der Waals surface area (Å²) < 4.78 is 1.63. The van der Waals surface area contributed by atoms with Crippen molar-refractivity contribution in [3.63, 3.8) is 0 Å². The van der Waals surface area contributed by atoms with Crippen molar-refractivity contribution < 1.29 is 19.5 Å². The fourth-order valence-corrected chi connectivity index (χ4v) is 3.56. The molecule has 0 unspecified atom stereocenters. The van der Waals surface area contributed by atoms with Crippen LogP contribution in [-0.4, -0.2) is 45.3 Å². The fourth-order valence-electron chi connectivity index (χ4n) is 3.56. The molecule has 1 aliphatic carbocycles. The van der Waals surface area contributed by atoms with E-state index in [1.807, 2.05) is 0 Å². The molecular weight excluding hydrogens is 312 g/mol. The van der Waals surface area contributed by atoms with Crippen LogP contribution in [0.2, 0.25) is 0 Å². The van der Waals surface area contributed by atoms with Crippen LogP contribution in [0.1, 0.15) is 32.1 Å². The van der Waals surface area contributed by atoms with E-state index in [0.717, 1.165) is 12.1 Å². The van der Waals surface area contributed by atoms with Crippen molar-refractivity contribution in [3.05, 3.63) is 12.4 Å². The Morgan fingerprint density at radius 1 is 1.29 bits per heavy atom. The van der Waals surface area contributed by atoms with Crippen LogP contribution in [0.4, 0.5) is 5.69 Å². The van der Waals surface area contributed by atoms with Gasteiger partial charge in [0.15, 0.2) is 0 Å². The van der Waals surface area contributed by atoms with Gasteiger partial charge in [-0.1, -0.05) is 6.42 Å². The molecule has 24 heavy (non-hydrogen) atoms. The van der Waals surface area contributed by atoms with E-state index in [0.29, 0.717) is 32.2 Å². The highest BCUT2D eigenvalue weighted by Gasteiger charge is 2.37. The molecule has 0 aromatic carbocycles. The summed E-state index contributed by atoms with van der Waals surface area (Å²) in [6, 6.07) is -0.539. The van der Waals surface area contributed by atoms with Gasteiger partial charge < -0.3 is 15.3 Å². The molecule has 1 aromatic rings. The van der Waals surface area contributed by atoms with Crippen molar-refractivity contribution in [2.75, 3.05) is 11.4 Å². The number of aromatic nitrogens is 2. The van der Waals surface area contributed by atoms with Gasteiger partial charge in [0.05, 0.1) is 17.8 Å². The van der Waals surface area contributed by atoms with Crippen molar-refractivity contribution >= 4 is 23.5 Å². The third-order valence-corrected chi connectivity index (χ3v) is 4.92. The van der Waals surface area contributed by atoms with Crippen LogP contribution < -0.4 is 10.2 Å². The van der Waals surface area contributed by atoms with Gasteiger partial charge in [-0.2, -0.15) is 5.10 Å². The molecule has 8 heteroatoms. The number of amides is 2. The molecule has 130 valence electrons. The normalized spacial score (nSPS) is 27.3. The molecule has 1 aliphatic heterocycles. The summed E-state index contributed by atoms with van der Waals surface area (Å²) in [5, 5.41) is 16.0. The van der Waals surface area contributed by atoms with Crippen LogP contribution in [0, 0.1) is 11.8 Å². The van der Waals surface area contributed by atoms with Gasteiger partial charge in [0.1, 0.15) is 6.04 Å². The van der Waals surface area contributed by atoms with Gasteiger partial charge in [-0.05, 0) is 25.7 Å². The lowest BCUT2D eigenvalue weighted by Crippen LogP contribution is -2.45. The minimum atomic E-state index is -0.841. The number of aryl methyl sites for hydroxylation is 1. The lowest BCUT2D eigenvalue weighted by atomic mass is 9.81. The summed E-state index contributed by atoms with van der Waals surface area (Å²) in [4.78, 5) is 37.7. The third-order valence-electron chi connectivity index (χ3n) is 4.92. The number of anilines is 1. The van der Waals surface area contributed by atoms with E-state index in [-0.39, 0.29) is 17.7 Å². The summed E-state index contributed by atoms with van der Waals surface area (Å²) in [5.74, 6) is -1.96. The zero-order valence-corrected chi connectivity index (χ0v) is 13.6. The topological polar surface area (TPSA) is 105 Å². The minimum Gasteiger partial charge on any atom is -0.481 e. The van der Waals surface area contributed by atoms with E-state index in [1.54, 1.807) is 29.0 Å². The maximum absolute atomic E-state index is 12.5. The van der Waals surface area contributed by atoms with Crippen molar-refractivity contribution in [1.29, 1.82) is 0 Å². The third kappa shape index (κ3) is 3.27. The lowest BCUT2D eigenvalue weighted by molar-refractivity contribution is -0.144.